The van der Waals surface area contributed by atoms with Gasteiger partial charge >= 0.3 is 0 Å². The standard InChI is InChI=1S/C18H23NO4S/c1-5-17(14-6-8-15(22-3)9-7-14)19-24(20,21)16-10-11-18(23-4)13(2)12-16/h6-12,17,19H,5H2,1-4H3/t17-/m1/s1. The largest absolute Gasteiger partial charge is 0.497 e. The van der Waals surface area contributed by atoms with Gasteiger partial charge in [0, 0.05) is 6.04 Å². The molecule has 0 bridgehead atoms. The molecule has 0 radical (unpaired) electrons. The maximum absolute atomic E-state index is 12.7. The Balaban J connectivity index is 2.26. The van der Waals surface area contributed by atoms with Crippen LogP contribution in [0.2, 0.25) is 0 Å². The minimum Gasteiger partial charge on any atom is -0.497 e. The molecule has 0 heterocycles. The second-order valence-corrected chi connectivity index (χ2v) is 7.20. The molecular weight excluding hydrogens is 326 g/mol. The normalized spacial score (nSPS) is 12.7. The zero-order valence-corrected chi connectivity index (χ0v) is 15.2. The lowest BCUT2D eigenvalue weighted by Crippen LogP contribution is -2.28. The number of hydrogen-bond donors (Lipinski definition) is 1. The van der Waals surface area contributed by atoms with E-state index in [0.29, 0.717) is 12.2 Å². The molecule has 130 valence electrons. The van der Waals surface area contributed by atoms with Gasteiger partial charge in [-0.2, -0.15) is 0 Å². The van der Waals surface area contributed by atoms with E-state index >= 15 is 0 Å². The summed E-state index contributed by atoms with van der Waals surface area (Å²) in [4.78, 5) is 0.229. The second kappa shape index (κ2) is 7.68. The Hall–Kier alpha value is -2.05. The van der Waals surface area contributed by atoms with Crippen LogP contribution < -0.4 is 14.2 Å². The molecule has 1 atom stereocenters. The first-order valence-corrected chi connectivity index (χ1v) is 9.20. The number of rotatable bonds is 7. The summed E-state index contributed by atoms with van der Waals surface area (Å²) < 4.78 is 38.4. The van der Waals surface area contributed by atoms with Crippen molar-refractivity contribution < 1.29 is 17.9 Å². The molecule has 1 N–H and O–H groups in total. The number of sulfonamides is 1. The summed E-state index contributed by atoms with van der Waals surface area (Å²) in [7, 11) is -0.460. The fourth-order valence-corrected chi connectivity index (χ4v) is 3.89. The lowest BCUT2D eigenvalue weighted by molar-refractivity contribution is 0.411. The molecule has 2 rings (SSSR count). The first-order chi connectivity index (χ1) is 11.4. The van der Waals surface area contributed by atoms with Gasteiger partial charge < -0.3 is 9.47 Å². The highest BCUT2D eigenvalue weighted by Crippen LogP contribution is 2.25. The molecule has 0 aromatic heterocycles. The van der Waals surface area contributed by atoms with Crippen LogP contribution in [0, 0.1) is 6.92 Å². The van der Waals surface area contributed by atoms with Crippen LogP contribution in [0.15, 0.2) is 47.4 Å². The molecule has 6 heteroatoms. The highest BCUT2D eigenvalue weighted by atomic mass is 32.2. The van der Waals surface area contributed by atoms with Gasteiger partial charge in [-0.25, -0.2) is 13.1 Å². The van der Waals surface area contributed by atoms with E-state index in [-0.39, 0.29) is 10.9 Å². The van der Waals surface area contributed by atoms with Gasteiger partial charge in [-0.1, -0.05) is 19.1 Å². The molecule has 0 fully saturated rings. The average molecular weight is 349 g/mol. The molecule has 2 aromatic rings. The van der Waals surface area contributed by atoms with Crippen molar-refractivity contribution in [3.63, 3.8) is 0 Å². The van der Waals surface area contributed by atoms with Crippen LogP contribution in [0.3, 0.4) is 0 Å². The minimum atomic E-state index is -3.62. The van der Waals surface area contributed by atoms with Crippen molar-refractivity contribution >= 4 is 10.0 Å². The maximum Gasteiger partial charge on any atom is 0.241 e. The molecule has 0 aliphatic heterocycles. The molecule has 0 spiro atoms. The van der Waals surface area contributed by atoms with Crippen molar-refractivity contribution in [3.05, 3.63) is 53.6 Å². The highest BCUT2D eigenvalue weighted by molar-refractivity contribution is 7.89. The van der Waals surface area contributed by atoms with Crippen LogP contribution in [0.4, 0.5) is 0 Å². The average Bonchev–Trinajstić information content (AvgIpc) is 2.59. The quantitative estimate of drug-likeness (QED) is 0.832. The Kier molecular flexibility index (Phi) is 5.85. The maximum atomic E-state index is 12.7. The molecule has 24 heavy (non-hydrogen) atoms. The van der Waals surface area contributed by atoms with E-state index in [0.717, 1.165) is 16.9 Å². The van der Waals surface area contributed by atoms with Crippen LogP contribution in [0.1, 0.15) is 30.5 Å². The van der Waals surface area contributed by atoms with Gasteiger partial charge in [0.05, 0.1) is 19.1 Å². The number of aryl methyl sites for hydroxylation is 1. The van der Waals surface area contributed by atoms with E-state index in [1.54, 1.807) is 32.4 Å². The fraction of sp³-hybridized carbons (Fsp3) is 0.333. The third kappa shape index (κ3) is 4.07. The predicted molar refractivity (Wildman–Crippen MR) is 94.1 cm³/mol. The predicted octanol–water partition coefficient (Wildman–Crippen LogP) is 3.44. The number of nitrogens with one attached hydrogen (secondary N) is 1. The van der Waals surface area contributed by atoms with Gasteiger partial charge in [-0.3, -0.25) is 0 Å². The van der Waals surface area contributed by atoms with Gasteiger partial charge in [-0.05, 0) is 54.8 Å². The number of hydrogen-bond acceptors (Lipinski definition) is 4. The highest BCUT2D eigenvalue weighted by Gasteiger charge is 2.21. The second-order valence-electron chi connectivity index (χ2n) is 5.49. The number of ether oxygens (including phenoxy) is 2. The van der Waals surface area contributed by atoms with Gasteiger partial charge in [0.25, 0.3) is 0 Å². The summed E-state index contributed by atoms with van der Waals surface area (Å²) in [6.07, 6.45) is 0.640. The monoisotopic (exact) mass is 349 g/mol. The number of benzene rings is 2. The zero-order valence-electron chi connectivity index (χ0n) is 14.4. The molecule has 0 saturated carbocycles. The summed E-state index contributed by atoms with van der Waals surface area (Å²) in [6, 6.07) is 11.9. The number of methoxy groups -OCH3 is 2. The first kappa shape index (κ1) is 18.3. The van der Waals surface area contributed by atoms with E-state index in [4.69, 9.17) is 9.47 Å². The third-order valence-electron chi connectivity index (χ3n) is 3.90. The Morgan fingerprint density at radius 2 is 1.71 bits per heavy atom. The Morgan fingerprint density at radius 1 is 1.04 bits per heavy atom. The van der Waals surface area contributed by atoms with Gasteiger partial charge in [0.1, 0.15) is 11.5 Å². The molecule has 5 nitrogen and oxygen atoms in total. The van der Waals surface area contributed by atoms with Crippen LogP contribution >= 0.6 is 0 Å². The van der Waals surface area contributed by atoms with Crippen molar-refractivity contribution in [1.29, 1.82) is 0 Å². The SMILES string of the molecule is CC[C@@H](NS(=O)(=O)c1ccc(OC)c(C)c1)c1ccc(OC)cc1. The van der Waals surface area contributed by atoms with Crippen LogP contribution in [-0.2, 0) is 10.0 Å². The molecule has 0 unspecified atom stereocenters. The fourth-order valence-electron chi connectivity index (χ4n) is 2.50. The topological polar surface area (TPSA) is 64.6 Å². The summed E-state index contributed by atoms with van der Waals surface area (Å²) in [5.74, 6) is 1.40. The zero-order chi connectivity index (χ0) is 17.7. The van der Waals surface area contributed by atoms with Gasteiger partial charge in [-0.15, -0.1) is 0 Å². The minimum absolute atomic E-state index is 0.229. The molecular formula is C18H23NO4S. The lowest BCUT2D eigenvalue weighted by atomic mass is 10.1. The van der Waals surface area contributed by atoms with Crippen LogP contribution in [0.25, 0.3) is 0 Å². The molecule has 0 saturated heterocycles. The van der Waals surface area contributed by atoms with Crippen molar-refractivity contribution in [1.82, 2.24) is 4.72 Å². The van der Waals surface area contributed by atoms with Gasteiger partial charge in [0.2, 0.25) is 10.0 Å². The summed E-state index contributed by atoms with van der Waals surface area (Å²) in [5, 5.41) is 0. The van der Waals surface area contributed by atoms with Crippen molar-refractivity contribution in [2.75, 3.05) is 14.2 Å². The Labute approximate surface area is 143 Å². The van der Waals surface area contributed by atoms with E-state index in [1.807, 2.05) is 38.1 Å². The molecule has 0 amide bonds. The Bertz CT molecular complexity index is 785. The van der Waals surface area contributed by atoms with Crippen molar-refractivity contribution in [3.8, 4) is 11.5 Å². The van der Waals surface area contributed by atoms with E-state index in [1.165, 1.54) is 0 Å². The summed E-state index contributed by atoms with van der Waals surface area (Å²) in [5.41, 5.74) is 1.67. The van der Waals surface area contributed by atoms with Crippen molar-refractivity contribution in [2.45, 2.75) is 31.2 Å². The van der Waals surface area contributed by atoms with E-state index in [2.05, 4.69) is 4.72 Å². The third-order valence-corrected chi connectivity index (χ3v) is 5.37. The van der Waals surface area contributed by atoms with E-state index < -0.39 is 10.0 Å². The van der Waals surface area contributed by atoms with Crippen LogP contribution in [-0.4, -0.2) is 22.6 Å². The molecule has 0 aliphatic rings. The molecule has 0 aliphatic carbocycles. The molecule has 2 aromatic carbocycles. The van der Waals surface area contributed by atoms with E-state index in [9.17, 15) is 8.42 Å². The first-order valence-electron chi connectivity index (χ1n) is 7.72. The summed E-state index contributed by atoms with van der Waals surface area (Å²) >= 11 is 0. The lowest BCUT2D eigenvalue weighted by Gasteiger charge is -2.18. The van der Waals surface area contributed by atoms with Gasteiger partial charge in [0.15, 0.2) is 0 Å². The smallest absolute Gasteiger partial charge is 0.241 e. The summed E-state index contributed by atoms with van der Waals surface area (Å²) in [6.45, 7) is 3.76. The Morgan fingerprint density at radius 3 is 2.21 bits per heavy atom. The van der Waals surface area contributed by atoms with Crippen LogP contribution in [0.5, 0.6) is 11.5 Å². The van der Waals surface area contributed by atoms with Crippen molar-refractivity contribution in [2.24, 2.45) is 0 Å².